The van der Waals surface area contributed by atoms with Crippen molar-refractivity contribution < 1.29 is 14.0 Å². The second kappa shape index (κ2) is 6.51. The fourth-order valence-electron chi connectivity index (χ4n) is 2.80. The van der Waals surface area contributed by atoms with Crippen molar-refractivity contribution in [1.29, 1.82) is 0 Å². The second-order valence-corrected chi connectivity index (χ2v) is 6.32. The van der Waals surface area contributed by atoms with Crippen LogP contribution >= 0.6 is 0 Å². The molecule has 2 aromatic carbocycles. The molecule has 0 bridgehead atoms. The number of aryl methyl sites for hydroxylation is 1. The zero-order valence-electron chi connectivity index (χ0n) is 14.3. The molecule has 128 valence electrons. The summed E-state index contributed by atoms with van der Waals surface area (Å²) in [6.45, 7) is 5.54. The predicted octanol–water partition coefficient (Wildman–Crippen LogP) is 3.73. The van der Waals surface area contributed by atoms with E-state index in [0.29, 0.717) is 11.3 Å². The average Bonchev–Trinajstić information content (AvgIpc) is 2.81. The van der Waals surface area contributed by atoms with E-state index in [4.69, 9.17) is 0 Å². The lowest BCUT2D eigenvalue weighted by molar-refractivity contribution is -0.138. The number of amides is 2. The monoisotopic (exact) mass is 338 g/mol. The number of benzene rings is 2. The highest BCUT2D eigenvalue weighted by Crippen LogP contribution is 2.31. The van der Waals surface area contributed by atoms with E-state index in [1.807, 2.05) is 31.2 Å². The molecule has 1 N–H and O–H groups in total. The van der Waals surface area contributed by atoms with E-state index < -0.39 is 5.82 Å². The number of imide groups is 1. The summed E-state index contributed by atoms with van der Waals surface area (Å²) in [4.78, 5) is 26.8. The van der Waals surface area contributed by atoms with E-state index in [0.717, 1.165) is 5.56 Å². The summed E-state index contributed by atoms with van der Waals surface area (Å²) in [6, 6.07) is 12.8. The molecule has 0 spiro atoms. The summed E-state index contributed by atoms with van der Waals surface area (Å²) >= 11 is 0. The van der Waals surface area contributed by atoms with E-state index in [-0.39, 0.29) is 29.1 Å². The van der Waals surface area contributed by atoms with Gasteiger partial charge in [0, 0.05) is 11.7 Å². The predicted molar refractivity (Wildman–Crippen MR) is 95.1 cm³/mol. The lowest BCUT2D eigenvalue weighted by Crippen LogP contribution is -2.38. The van der Waals surface area contributed by atoms with Gasteiger partial charge < -0.3 is 5.32 Å². The van der Waals surface area contributed by atoms with Gasteiger partial charge in [0.05, 0.1) is 5.57 Å². The molecule has 0 aromatic heterocycles. The summed E-state index contributed by atoms with van der Waals surface area (Å²) in [6.07, 6.45) is 0. The van der Waals surface area contributed by atoms with Crippen molar-refractivity contribution in [3.63, 3.8) is 0 Å². The van der Waals surface area contributed by atoms with Crippen LogP contribution in [-0.4, -0.2) is 22.8 Å². The van der Waals surface area contributed by atoms with Crippen LogP contribution in [0.25, 0.3) is 5.57 Å². The number of carbonyl (C=O) groups is 2. The Balaban J connectivity index is 2.08. The van der Waals surface area contributed by atoms with Crippen molar-refractivity contribution in [2.75, 3.05) is 5.32 Å². The lowest BCUT2D eigenvalue weighted by atomic mass is 10.0. The summed E-state index contributed by atoms with van der Waals surface area (Å²) in [7, 11) is 0. The van der Waals surface area contributed by atoms with Gasteiger partial charge in [-0.05, 0) is 50.6 Å². The molecule has 0 saturated heterocycles. The van der Waals surface area contributed by atoms with Gasteiger partial charge >= 0.3 is 0 Å². The minimum absolute atomic E-state index is 0.217. The van der Waals surface area contributed by atoms with E-state index >= 15 is 0 Å². The van der Waals surface area contributed by atoms with Gasteiger partial charge in [0.15, 0.2) is 0 Å². The molecule has 0 atom stereocenters. The normalized spacial score (nSPS) is 14.7. The number of nitrogens with one attached hydrogen (secondary N) is 1. The fraction of sp³-hybridized carbons (Fsp3) is 0.200. The third-order valence-electron chi connectivity index (χ3n) is 4.09. The van der Waals surface area contributed by atoms with Crippen LogP contribution in [0.1, 0.15) is 25.0 Å². The molecule has 1 aliphatic rings. The number of carbonyl (C=O) groups excluding carboxylic acids is 2. The highest BCUT2D eigenvalue weighted by Gasteiger charge is 2.40. The molecular weight excluding hydrogens is 319 g/mol. The molecule has 2 amide bonds. The Morgan fingerprint density at radius 2 is 1.52 bits per heavy atom. The van der Waals surface area contributed by atoms with Crippen molar-refractivity contribution in [2.45, 2.75) is 26.8 Å². The van der Waals surface area contributed by atoms with Gasteiger partial charge in [-0.1, -0.05) is 29.8 Å². The summed E-state index contributed by atoms with van der Waals surface area (Å²) < 4.78 is 13.2. The SMILES string of the molecule is Cc1ccc(NC2=C(c3ccc(F)cc3)C(=O)N(C(C)C)C2=O)cc1. The third kappa shape index (κ3) is 3.18. The molecule has 0 fully saturated rings. The standard InChI is InChI=1S/C20H19FN2O2/c1-12(2)23-19(24)17(14-6-8-15(21)9-7-14)18(20(23)25)22-16-10-4-13(3)5-11-16/h4-12,22H,1-3H3. The Morgan fingerprint density at radius 3 is 2.08 bits per heavy atom. The number of rotatable bonds is 4. The molecule has 0 unspecified atom stereocenters. The highest BCUT2D eigenvalue weighted by molar-refractivity contribution is 6.36. The van der Waals surface area contributed by atoms with Crippen molar-refractivity contribution >= 4 is 23.1 Å². The Kier molecular flexibility index (Phi) is 4.40. The molecule has 1 aliphatic heterocycles. The van der Waals surface area contributed by atoms with Crippen LogP contribution in [0.5, 0.6) is 0 Å². The van der Waals surface area contributed by atoms with E-state index in [1.165, 1.54) is 29.2 Å². The van der Waals surface area contributed by atoms with Gasteiger partial charge in [-0.25, -0.2) is 4.39 Å². The van der Waals surface area contributed by atoms with Crippen molar-refractivity contribution in [3.8, 4) is 0 Å². The van der Waals surface area contributed by atoms with Gasteiger partial charge in [-0.2, -0.15) is 0 Å². The first-order valence-corrected chi connectivity index (χ1v) is 8.10. The molecule has 1 heterocycles. The summed E-state index contributed by atoms with van der Waals surface area (Å²) in [5.41, 5.74) is 2.80. The lowest BCUT2D eigenvalue weighted by Gasteiger charge is -2.19. The Bertz CT molecular complexity index is 852. The number of hydrogen-bond donors (Lipinski definition) is 1. The molecule has 3 rings (SSSR count). The van der Waals surface area contributed by atoms with Gasteiger partial charge in [0.1, 0.15) is 11.5 Å². The first kappa shape index (κ1) is 16.9. The van der Waals surface area contributed by atoms with Crippen LogP contribution in [0, 0.1) is 12.7 Å². The summed E-state index contributed by atoms with van der Waals surface area (Å²) in [5.74, 6) is -1.14. The maximum Gasteiger partial charge on any atom is 0.278 e. The molecule has 4 nitrogen and oxygen atoms in total. The van der Waals surface area contributed by atoms with E-state index in [9.17, 15) is 14.0 Å². The summed E-state index contributed by atoms with van der Waals surface area (Å²) in [5, 5.41) is 3.07. The quantitative estimate of drug-likeness (QED) is 0.864. The Morgan fingerprint density at radius 1 is 0.920 bits per heavy atom. The fourth-order valence-corrected chi connectivity index (χ4v) is 2.80. The second-order valence-electron chi connectivity index (χ2n) is 6.32. The minimum atomic E-state index is -0.394. The number of nitrogens with zero attached hydrogens (tertiary/aromatic N) is 1. The molecule has 0 saturated carbocycles. The zero-order chi connectivity index (χ0) is 18.1. The van der Waals surface area contributed by atoms with Crippen molar-refractivity contribution in [3.05, 3.63) is 71.2 Å². The first-order chi connectivity index (χ1) is 11.9. The van der Waals surface area contributed by atoms with Crippen LogP contribution in [-0.2, 0) is 9.59 Å². The maximum atomic E-state index is 13.2. The number of anilines is 1. The average molecular weight is 338 g/mol. The van der Waals surface area contributed by atoms with Crippen LogP contribution < -0.4 is 5.32 Å². The maximum absolute atomic E-state index is 13.2. The smallest absolute Gasteiger partial charge is 0.278 e. The topological polar surface area (TPSA) is 49.4 Å². The van der Waals surface area contributed by atoms with Crippen LogP contribution in [0.3, 0.4) is 0 Å². The largest absolute Gasteiger partial charge is 0.350 e. The Labute approximate surface area is 146 Å². The molecular formula is C20H19FN2O2. The van der Waals surface area contributed by atoms with Gasteiger partial charge in [-0.3, -0.25) is 14.5 Å². The first-order valence-electron chi connectivity index (χ1n) is 8.10. The van der Waals surface area contributed by atoms with Crippen LogP contribution in [0.4, 0.5) is 10.1 Å². The van der Waals surface area contributed by atoms with Crippen LogP contribution in [0.2, 0.25) is 0 Å². The molecule has 0 radical (unpaired) electrons. The van der Waals surface area contributed by atoms with Crippen molar-refractivity contribution in [2.24, 2.45) is 0 Å². The van der Waals surface area contributed by atoms with E-state index in [2.05, 4.69) is 5.32 Å². The molecule has 0 aliphatic carbocycles. The third-order valence-corrected chi connectivity index (χ3v) is 4.09. The Hall–Kier alpha value is -2.95. The zero-order valence-corrected chi connectivity index (χ0v) is 14.3. The van der Waals surface area contributed by atoms with E-state index in [1.54, 1.807) is 13.8 Å². The van der Waals surface area contributed by atoms with Gasteiger partial charge in [0.2, 0.25) is 0 Å². The minimum Gasteiger partial charge on any atom is -0.350 e. The van der Waals surface area contributed by atoms with Crippen molar-refractivity contribution in [1.82, 2.24) is 4.90 Å². The molecule has 5 heteroatoms. The number of halogens is 1. The highest BCUT2D eigenvalue weighted by atomic mass is 19.1. The number of hydrogen-bond acceptors (Lipinski definition) is 3. The van der Waals surface area contributed by atoms with Gasteiger partial charge in [-0.15, -0.1) is 0 Å². The van der Waals surface area contributed by atoms with Gasteiger partial charge in [0.25, 0.3) is 11.8 Å². The molecule has 25 heavy (non-hydrogen) atoms. The van der Waals surface area contributed by atoms with Crippen LogP contribution in [0.15, 0.2) is 54.2 Å². The molecule has 2 aromatic rings.